The number of aromatic nitrogens is 3. The molecule has 0 saturated heterocycles. The van der Waals surface area contributed by atoms with Crippen LogP contribution in [0.15, 0.2) is 133 Å². The van der Waals surface area contributed by atoms with Gasteiger partial charge in [0.25, 0.3) is 0 Å². The molecule has 1 atom stereocenters. The maximum absolute atomic E-state index is 5.10. The van der Waals surface area contributed by atoms with Crippen LogP contribution in [-0.4, -0.2) is 14.1 Å². The van der Waals surface area contributed by atoms with Crippen LogP contribution in [0.3, 0.4) is 0 Å². The second kappa shape index (κ2) is 8.79. The summed E-state index contributed by atoms with van der Waals surface area (Å²) in [4.78, 5) is 5.10. The summed E-state index contributed by atoms with van der Waals surface area (Å²) in [5.74, 6) is 0.987. The maximum atomic E-state index is 5.10. The predicted molar refractivity (Wildman–Crippen MR) is 174 cm³/mol. The van der Waals surface area contributed by atoms with Gasteiger partial charge in [-0.15, -0.1) is 11.3 Å². The highest BCUT2D eigenvalue weighted by Gasteiger charge is 2.23. The van der Waals surface area contributed by atoms with Crippen molar-refractivity contribution in [3.05, 3.63) is 139 Å². The molecule has 41 heavy (non-hydrogen) atoms. The second-order valence-corrected chi connectivity index (χ2v) is 11.8. The van der Waals surface area contributed by atoms with Crippen molar-refractivity contribution in [1.82, 2.24) is 14.1 Å². The second-order valence-electron chi connectivity index (χ2n) is 10.7. The van der Waals surface area contributed by atoms with E-state index in [-0.39, 0.29) is 6.04 Å². The molecule has 0 N–H and O–H groups in total. The molecule has 0 fully saturated rings. The summed E-state index contributed by atoms with van der Waals surface area (Å²) in [6, 6.07) is 41.5. The quantitative estimate of drug-likeness (QED) is 0.217. The number of rotatable bonds is 3. The number of nitrogens with zero attached hydrogens (tertiary/aromatic N) is 3. The zero-order valence-electron chi connectivity index (χ0n) is 22.2. The fraction of sp³-hybridized carbons (Fsp3) is 0.0541. The average Bonchev–Trinajstić information content (AvgIpc) is 3.71. The molecule has 0 amide bonds. The average molecular weight is 544 g/mol. The third-order valence-corrected chi connectivity index (χ3v) is 9.65. The Morgan fingerprint density at radius 2 is 1.39 bits per heavy atom. The molecule has 1 aliphatic rings. The smallest absolute Gasteiger partial charge is 0.145 e. The molecule has 0 aliphatic heterocycles. The Bertz CT molecular complexity index is 2350. The van der Waals surface area contributed by atoms with Crippen molar-refractivity contribution in [1.29, 1.82) is 0 Å². The van der Waals surface area contributed by atoms with Gasteiger partial charge in [-0.25, -0.2) is 4.98 Å². The van der Waals surface area contributed by atoms with Crippen LogP contribution in [0.4, 0.5) is 0 Å². The highest BCUT2D eigenvalue weighted by Crippen LogP contribution is 2.44. The third-order valence-electron chi connectivity index (χ3n) is 8.46. The number of thiophene rings is 1. The minimum atomic E-state index is 0.214. The van der Waals surface area contributed by atoms with Crippen molar-refractivity contribution in [2.45, 2.75) is 12.5 Å². The van der Waals surface area contributed by atoms with Crippen LogP contribution >= 0.6 is 11.3 Å². The van der Waals surface area contributed by atoms with Crippen LogP contribution in [0.1, 0.15) is 18.3 Å². The lowest BCUT2D eigenvalue weighted by atomic mass is 10.0. The van der Waals surface area contributed by atoms with E-state index in [0.717, 1.165) is 34.5 Å². The monoisotopic (exact) mass is 543 g/mol. The first-order valence-corrected chi connectivity index (χ1v) is 14.9. The normalized spacial score (nSPS) is 15.5. The van der Waals surface area contributed by atoms with Gasteiger partial charge in [0.2, 0.25) is 0 Å². The van der Waals surface area contributed by atoms with E-state index >= 15 is 0 Å². The van der Waals surface area contributed by atoms with E-state index < -0.39 is 0 Å². The SMILES string of the molecule is C1=CC(n2c3ccccc3c3ccc4c5ccccc5sc4c32)CC=C1c1nc2ccccc2n1-c1ccccc1. The van der Waals surface area contributed by atoms with E-state index in [1.807, 2.05) is 11.3 Å². The largest absolute Gasteiger partial charge is 0.332 e. The number of hydrogen-bond donors (Lipinski definition) is 0. The molecule has 1 unspecified atom stereocenters. The molecule has 0 spiro atoms. The Balaban J connectivity index is 1.22. The molecule has 0 bridgehead atoms. The van der Waals surface area contributed by atoms with E-state index in [4.69, 9.17) is 4.98 Å². The lowest BCUT2D eigenvalue weighted by Gasteiger charge is -2.21. The standard InChI is InChI=1S/C37H25N3S/c1-2-10-25(11-3-1)40-33-16-8-6-14-31(33)38-37(40)24-18-20-26(21-19-24)39-32-15-7-4-12-27(32)29-22-23-30-28-13-5-9-17-34(28)41-36(30)35(29)39/h1-20,22-23,26H,21H2. The number of benzene rings is 5. The Kier molecular flexibility index (Phi) is 4.89. The molecule has 8 aromatic rings. The first kappa shape index (κ1) is 22.8. The molecule has 3 aromatic heterocycles. The van der Waals surface area contributed by atoms with Crippen molar-refractivity contribution in [2.24, 2.45) is 0 Å². The van der Waals surface area contributed by atoms with E-state index in [2.05, 4.69) is 143 Å². The summed E-state index contributed by atoms with van der Waals surface area (Å²) < 4.78 is 7.57. The van der Waals surface area contributed by atoms with Crippen LogP contribution in [0.2, 0.25) is 0 Å². The number of hydrogen-bond acceptors (Lipinski definition) is 2. The van der Waals surface area contributed by atoms with Gasteiger partial charge < -0.3 is 4.57 Å². The number of fused-ring (bicyclic) bond motifs is 8. The first-order valence-electron chi connectivity index (χ1n) is 14.1. The number of allylic oxidation sites excluding steroid dienone is 4. The van der Waals surface area contributed by atoms with Crippen LogP contribution in [0.25, 0.3) is 64.3 Å². The van der Waals surface area contributed by atoms with Gasteiger partial charge in [0.05, 0.1) is 27.3 Å². The fourth-order valence-corrected chi connectivity index (χ4v) is 7.88. The van der Waals surface area contributed by atoms with Crippen LogP contribution < -0.4 is 0 Å². The Labute approximate surface area is 240 Å². The topological polar surface area (TPSA) is 22.8 Å². The summed E-state index contributed by atoms with van der Waals surface area (Å²) >= 11 is 1.91. The zero-order chi connectivity index (χ0) is 26.9. The van der Waals surface area contributed by atoms with Gasteiger partial charge in [0, 0.05) is 43.0 Å². The summed E-state index contributed by atoms with van der Waals surface area (Å²) in [6.07, 6.45) is 7.93. The molecule has 0 saturated carbocycles. The van der Waals surface area contributed by atoms with Crippen molar-refractivity contribution in [2.75, 3.05) is 0 Å². The highest BCUT2D eigenvalue weighted by molar-refractivity contribution is 7.26. The first-order chi connectivity index (χ1) is 20.3. The van der Waals surface area contributed by atoms with Gasteiger partial charge in [-0.2, -0.15) is 0 Å². The summed E-state index contributed by atoms with van der Waals surface area (Å²) in [5.41, 5.74) is 7.05. The summed E-state index contributed by atoms with van der Waals surface area (Å²) in [6.45, 7) is 0. The number of imidazole rings is 1. The molecular formula is C37H25N3S. The summed E-state index contributed by atoms with van der Waals surface area (Å²) in [5, 5.41) is 5.33. The molecule has 3 nitrogen and oxygen atoms in total. The van der Waals surface area contributed by atoms with Crippen LogP contribution in [-0.2, 0) is 0 Å². The van der Waals surface area contributed by atoms with Crippen molar-refractivity contribution >= 4 is 69.9 Å². The van der Waals surface area contributed by atoms with Crippen molar-refractivity contribution in [3.8, 4) is 5.69 Å². The fourth-order valence-electron chi connectivity index (χ4n) is 6.63. The molecule has 9 rings (SSSR count). The molecule has 1 aliphatic carbocycles. The van der Waals surface area contributed by atoms with E-state index in [9.17, 15) is 0 Å². The number of para-hydroxylation sites is 4. The zero-order valence-corrected chi connectivity index (χ0v) is 23.1. The van der Waals surface area contributed by atoms with Gasteiger partial charge in [0.15, 0.2) is 0 Å². The molecule has 4 heteroatoms. The van der Waals surface area contributed by atoms with Gasteiger partial charge in [-0.05, 0) is 42.8 Å². The van der Waals surface area contributed by atoms with Gasteiger partial charge in [-0.3, -0.25) is 4.57 Å². The molecule has 3 heterocycles. The van der Waals surface area contributed by atoms with Crippen LogP contribution in [0, 0.1) is 0 Å². The molecule has 194 valence electrons. The van der Waals surface area contributed by atoms with Gasteiger partial charge in [0.1, 0.15) is 5.82 Å². The Morgan fingerprint density at radius 1 is 0.659 bits per heavy atom. The Morgan fingerprint density at radius 3 is 2.24 bits per heavy atom. The minimum absolute atomic E-state index is 0.214. The summed E-state index contributed by atoms with van der Waals surface area (Å²) in [7, 11) is 0. The predicted octanol–water partition coefficient (Wildman–Crippen LogP) is 10.1. The van der Waals surface area contributed by atoms with Crippen molar-refractivity contribution in [3.63, 3.8) is 0 Å². The van der Waals surface area contributed by atoms with E-state index in [1.54, 1.807) is 0 Å². The van der Waals surface area contributed by atoms with E-state index in [1.165, 1.54) is 42.0 Å². The lowest BCUT2D eigenvalue weighted by molar-refractivity contribution is 0.650. The van der Waals surface area contributed by atoms with Crippen molar-refractivity contribution < 1.29 is 0 Å². The minimum Gasteiger partial charge on any atom is -0.332 e. The molecule has 0 radical (unpaired) electrons. The third kappa shape index (κ3) is 3.35. The maximum Gasteiger partial charge on any atom is 0.145 e. The molecule has 5 aromatic carbocycles. The molecular weight excluding hydrogens is 518 g/mol. The van der Waals surface area contributed by atoms with E-state index in [0.29, 0.717) is 0 Å². The lowest BCUT2D eigenvalue weighted by Crippen LogP contribution is -2.09. The van der Waals surface area contributed by atoms with Gasteiger partial charge in [-0.1, -0.05) is 97.1 Å². The van der Waals surface area contributed by atoms with Gasteiger partial charge >= 0.3 is 0 Å². The van der Waals surface area contributed by atoms with Crippen LogP contribution in [0.5, 0.6) is 0 Å². The highest BCUT2D eigenvalue weighted by atomic mass is 32.1. The Hall–Kier alpha value is -4.93.